The van der Waals surface area contributed by atoms with Gasteiger partial charge in [0, 0.05) is 52.5 Å². The van der Waals surface area contributed by atoms with E-state index < -0.39 is 0 Å². The summed E-state index contributed by atoms with van der Waals surface area (Å²) < 4.78 is 10.9. The van der Waals surface area contributed by atoms with Gasteiger partial charge >= 0.3 is 0 Å². The zero-order valence-electron chi connectivity index (χ0n) is 10.8. The van der Waals surface area contributed by atoms with Gasteiger partial charge in [-0.1, -0.05) is 13.8 Å². The van der Waals surface area contributed by atoms with Crippen LogP contribution >= 0.6 is 0 Å². The maximum absolute atomic E-state index is 5.49. The Morgan fingerprint density at radius 1 is 0.867 bits per heavy atom. The Hall–Kier alpha value is 1.02. The summed E-state index contributed by atoms with van der Waals surface area (Å²) in [6.07, 6.45) is 3.81. The van der Waals surface area contributed by atoms with Crippen molar-refractivity contribution in [2.45, 2.75) is 53.1 Å². The fourth-order valence-electron chi connectivity index (χ4n) is 1.18. The molecule has 0 fully saturated rings. The van der Waals surface area contributed by atoms with Gasteiger partial charge in [-0.15, -0.1) is 0 Å². The van der Waals surface area contributed by atoms with Crippen molar-refractivity contribution in [1.29, 1.82) is 0 Å². The molecule has 0 aliphatic heterocycles. The zero-order chi connectivity index (χ0) is 10.8. The molecule has 0 aromatic rings. The molecule has 0 heterocycles. The van der Waals surface area contributed by atoms with Crippen molar-refractivity contribution in [2.75, 3.05) is 19.8 Å². The van der Waals surface area contributed by atoms with Gasteiger partial charge in [0.1, 0.15) is 0 Å². The predicted octanol–water partition coefficient (Wildman–Crippen LogP) is 3.25. The van der Waals surface area contributed by atoms with Gasteiger partial charge in [-0.05, 0) is 39.0 Å². The molecular weight excluding hydrogens is 265 g/mol. The average Bonchev–Trinajstić information content (AvgIpc) is 2.08. The molecule has 0 unspecified atom stereocenters. The van der Waals surface area contributed by atoms with Gasteiger partial charge < -0.3 is 9.47 Å². The van der Waals surface area contributed by atoms with E-state index in [2.05, 4.69) is 27.7 Å². The molecule has 0 atom stereocenters. The van der Waals surface area contributed by atoms with E-state index in [1.54, 1.807) is 0 Å². The third kappa shape index (κ3) is 17.6. The fourth-order valence-corrected chi connectivity index (χ4v) is 1.18. The molecular formula is C12H26O2Y. The quantitative estimate of drug-likeness (QED) is 0.607. The molecule has 15 heavy (non-hydrogen) atoms. The Balaban J connectivity index is 0. The van der Waals surface area contributed by atoms with Crippen LogP contribution in [-0.2, 0) is 42.2 Å². The summed E-state index contributed by atoms with van der Waals surface area (Å²) in [6, 6.07) is 0. The van der Waals surface area contributed by atoms with E-state index in [1.165, 1.54) is 12.8 Å². The van der Waals surface area contributed by atoms with Gasteiger partial charge in [-0.25, -0.2) is 0 Å². The zero-order valence-corrected chi connectivity index (χ0v) is 13.6. The van der Waals surface area contributed by atoms with Crippen molar-refractivity contribution in [2.24, 2.45) is 5.92 Å². The second-order valence-corrected chi connectivity index (χ2v) is 4.42. The molecule has 0 bridgehead atoms. The van der Waals surface area contributed by atoms with Crippen molar-refractivity contribution >= 4 is 0 Å². The molecule has 0 rings (SSSR count). The molecule has 3 heteroatoms. The fraction of sp³-hybridized carbons (Fsp3) is 1.00. The molecule has 89 valence electrons. The van der Waals surface area contributed by atoms with Crippen LogP contribution in [0.3, 0.4) is 0 Å². The topological polar surface area (TPSA) is 18.5 Å². The Morgan fingerprint density at radius 2 is 1.47 bits per heavy atom. The van der Waals surface area contributed by atoms with E-state index in [4.69, 9.17) is 9.47 Å². The van der Waals surface area contributed by atoms with Crippen LogP contribution in [0.5, 0.6) is 0 Å². The third-order valence-electron chi connectivity index (χ3n) is 1.95. The summed E-state index contributed by atoms with van der Waals surface area (Å²) in [5.74, 6) is 0.794. The SMILES string of the molecule is CC(C)CCCOCCCOC(C)C.[Y]. The Morgan fingerprint density at radius 3 is 2.00 bits per heavy atom. The Labute approximate surface area is 120 Å². The number of hydrogen-bond donors (Lipinski definition) is 0. The third-order valence-corrected chi connectivity index (χ3v) is 1.95. The summed E-state index contributed by atoms with van der Waals surface area (Å²) in [7, 11) is 0. The van der Waals surface area contributed by atoms with Crippen LogP contribution in [0.15, 0.2) is 0 Å². The first-order valence-corrected chi connectivity index (χ1v) is 5.82. The van der Waals surface area contributed by atoms with Crippen LogP contribution in [0.25, 0.3) is 0 Å². The molecule has 1 radical (unpaired) electrons. The van der Waals surface area contributed by atoms with E-state index in [9.17, 15) is 0 Å². The van der Waals surface area contributed by atoms with Crippen molar-refractivity contribution < 1.29 is 42.2 Å². The van der Waals surface area contributed by atoms with Gasteiger partial charge in [0.05, 0.1) is 6.10 Å². The van der Waals surface area contributed by atoms with Crippen LogP contribution in [0.2, 0.25) is 0 Å². The summed E-state index contributed by atoms with van der Waals surface area (Å²) >= 11 is 0. The molecule has 0 N–H and O–H groups in total. The minimum Gasteiger partial charge on any atom is -0.381 e. The number of ether oxygens (including phenoxy) is 2. The Kier molecular flexibility index (Phi) is 16.0. The summed E-state index contributed by atoms with van der Waals surface area (Å²) in [5.41, 5.74) is 0. The second kappa shape index (κ2) is 13.1. The van der Waals surface area contributed by atoms with Crippen molar-refractivity contribution in [3.8, 4) is 0 Å². The first-order chi connectivity index (χ1) is 6.63. The van der Waals surface area contributed by atoms with Crippen molar-refractivity contribution in [3.63, 3.8) is 0 Å². The maximum Gasteiger partial charge on any atom is 0.0518 e. The van der Waals surface area contributed by atoms with E-state index in [1.807, 2.05) is 0 Å². The molecule has 0 aliphatic rings. The largest absolute Gasteiger partial charge is 0.381 e. The van der Waals surface area contributed by atoms with E-state index in [0.29, 0.717) is 6.10 Å². The van der Waals surface area contributed by atoms with Gasteiger partial charge in [0.15, 0.2) is 0 Å². The first kappa shape index (κ1) is 18.4. The molecule has 0 spiro atoms. The monoisotopic (exact) mass is 291 g/mol. The van der Waals surface area contributed by atoms with E-state index in [0.717, 1.165) is 32.2 Å². The van der Waals surface area contributed by atoms with Crippen molar-refractivity contribution in [1.82, 2.24) is 0 Å². The summed E-state index contributed by atoms with van der Waals surface area (Å²) in [6.45, 7) is 11.2. The molecule has 0 aromatic heterocycles. The van der Waals surface area contributed by atoms with Crippen LogP contribution in [-0.4, -0.2) is 25.9 Å². The molecule has 0 amide bonds. The average molecular weight is 291 g/mol. The molecule has 2 nitrogen and oxygen atoms in total. The second-order valence-electron chi connectivity index (χ2n) is 4.42. The van der Waals surface area contributed by atoms with Crippen LogP contribution < -0.4 is 0 Å². The molecule has 0 aliphatic carbocycles. The Bertz CT molecular complexity index is 102. The molecule has 0 saturated heterocycles. The van der Waals surface area contributed by atoms with Gasteiger partial charge in [-0.3, -0.25) is 0 Å². The van der Waals surface area contributed by atoms with Crippen LogP contribution in [0.4, 0.5) is 0 Å². The van der Waals surface area contributed by atoms with Gasteiger partial charge in [0.25, 0.3) is 0 Å². The summed E-state index contributed by atoms with van der Waals surface area (Å²) in [5, 5.41) is 0. The summed E-state index contributed by atoms with van der Waals surface area (Å²) in [4.78, 5) is 0. The molecule has 0 aromatic carbocycles. The first-order valence-electron chi connectivity index (χ1n) is 5.82. The van der Waals surface area contributed by atoms with Crippen molar-refractivity contribution in [3.05, 3.63) is 0 Å². The standard InChI is InChI=1S/C12H26O2.Y/c1-11(2)7-5-8-13-9-6-10-14-12(3)4;/h11-12H,5-10H2,1-4H3;. The van der Waals surface area contributed by atoms with Crippen LogP contribution in [0.1, 0.15) is 47.0 Å². The van der Waals surface area contributed by atoms with Gasteiger partial charge in [-0.2, -0.15) is 0 Å². The predicted molar refractivity (Wildman–Crippen MR) is 60.6 cm³/mol. The number of rotatable bonds is 9. The minimum absolute atomic E-state index is 0. The van der Waals surface area contributed by atoms with E-state index in [-0.39, 0.29) is 32.7 Å². The molecule has 0 saturated carbocycles. The van der Waals surface area contributed by atoms with Crippen LogP contribution in [0, 0.1) is 5.92 Å². The normalized spacial score (nSPS) is 10.8. The smallest absolute Gasteiger partial charge is 0.0518 e. The maximum atomic E-state index is 5.49. The van der Waals surface area contributed by atoms with E-state index >= 15 is 0 Å². The number of hydrogen-bond acceptors (Lipinski definition) is 2. The minimum atomic E-state index is 0. The van der Waals surface area contributed by atoms with Gasteiger partial charge in [0.2, 0.25) is 0 Å².